The summed E-state index contributed by atoms with van der Waals surface area (Å²) in [6.45, 7) is 4.27. The summed E-state index contributed by atoms with van der Waals surface area (Å²) >= 11 is 0. The lowest BCUT2D eigenvalue weighted by Crippen LogP contribution is -2.14. The van der Waals surface area contributed by atoms with Crippen LogP contribution in [0.4, 0.5) is 0 Å². The lowest BCUT2D eigenvalue weighted by molar-refractivity contribution is 0.633. The van der Waals surface area contributed by atoms with Crippen LogP contribution in [0, 0.1) is 5.41 Å². The van der Waals surface area contributed by atoms with Crippen LogP contribution in [0.2, 0.25) is 0 Å². The van der Waals surface area contributed by atoms with E-state index in [9.17, 15) is 4.79 Å². The fourth-order valence-electron chi connectivity index (χ4n) is 2.54. The second-order valence-electron chi connectivity index (χ2n) is 5.69. The molecule has 0 saturated carbocycles. The molecule has 1 aromatic heterocycles. The standard InChI is InChI=1S/C17H17NO/c1-17(2)10-8-13-15(9-11-17)18(3)14-7-5-4-6-12(14)16(13)19/h4-11H,1-3H3. The van der Waals surface area contributed by atoms with Crippen molar-refractivity contribution in [2.24, 2.45) is 12.5 Å². The number of fused-ring (bicyclic) bond motifs is 2. The molecule has 1 aliphatic carbocycles. The van der Waals surface area contributed by atoms with Gasteiger partial charge in [0.2, 0.25) is 0 Å². The fraction of sp³-hybridized carbons (Fsp3) is 0.235. The van der Waals surface area contributed by atoms with Gasteiger partial charge in [-0.25, -0.2) is 0 Å². The molecule has 0 radical (unpaired) electrons. The second-order valence-corrected chi connectivity index (χ2v) is 5.69. The molecule has 0 saturated heterocycles. The Morgan fingerprint density at radius 1 is 1.05 bits per heavy atom. The highest BCUT2D eigenvalue weighted by molar-refractivity contribution is 5.84. The molecule has 2 nitrogen and oxygen atoms in total. The maximum Gasteiger partial charge on any atom is 0.197 e. The maximum atomic E-state index is 12.6. The molecule has 2 heteroatoms. The highest BCUT2D eigenvalue weighted by atomic mass is 16.1. The third-order valence-corrected chi connectivity index (χ3v) is 3.74. The zero-order valence-corrected chi connectivity index (χ0v) is 11.5. The van der Waals surface area contributed by atoms with Crippen LogP contribution < -0.4 is 5.43 Å². The Morgan fingerprint density at radius 2 is 1.74 bits per heavy atom. The predicted octanol–water partition coefficient (Wildman–Crippen LogP) is 3.60. The quantitative estimate of drug-likeness (QED) is 0.701. The van der Waals surface area contributed by atoms with Gasteiger partial charge in [-0.2, -0.15) is 0 Å². The van der Waals surface area contributed by atoms with Crippen molar-refractivity contribution in [2.75, 3.05) is 0 Å². The zero-order valence-electron chi connectivity index (χ0n) is 11.5. The van der Waals surface area contributed by atoms with Gasteiger partial charge in [-0.05, 0) is 18.2 Å². The number of nitrogens with zero attached hydrogens (tertiary/aromatic N) is 1. The number of benzene rings is 1. The monoisotopic (exact) mass is 251 g/mol. The summed E-state index contributed by atoms with van der Waals surface area (Å²) in [5.41, 5.74) is 2.82. The molecule has 0 fully saturated rings. The van der Waals surface area contributed by atoms with Crippen molar-refractivity contribution in [1.29, 1.82) is 0 Å². The molecule has 0 unspecified atom stereocenters. The molecule has 0 N–H and O–H groups in total. The molecule has 0 spiro atoms. The Hall–Kier alpha value is -2.09. The number of aryl methyl sites for hydroxylation is 1. The average Bonchev–Trinajstić information content (AvgIpc) is 2.55. The summed E-state index contributed by atoms with van der Waals surface area (Å²) in [5, 5.41) is 0.779. The van der Waals surface area contributed by atoms with E-state index in [1.54, 1.807) is 0 Å². The molecular weight excluding hydrogens is 234 g/mol. The number of para-hydroxylation sites is 1. The van der Waals surface area contributed by atoms with Crippen LogP contribution in [0.3, 0.4) is 0 Å². The molecule has 19 heavy (non-hydrogen) atoms. The van der Waals surface area contributed by atoms with Gasteiger partial charge in [0.05, 0.1) is 11.2 Å². The summed E-state index contributed by atoms with van der Waals surface area (Å²) in [6.07, 6.45) is 8.25. The van der Waals surface area contributed by atoms with E-state index in [-0.39, 0.29) is 10.8 Å². The summed E-state index contributed by atoms with van der Waals surface area (Å²) in [5.74, 6) is 0. The van der Waals surface area contributed by atoms with Crippen LogP contribution in [0.1, 0.15) is 25.1 Å². The van der Waals surface area contributed by atoms with Crippen LogP contribution in [0.25, 0.3) is 23.1 Å². The molecule has 0 atom stereocenters. The van der Waals surface area contributed by atoms with Gasteiger partial charge in [-0.15, -0.1) is 0 Å². The third-order valence-electron chi connectivity index (χ3n) is 3.74. The Kier molecular flexibility index (Phi) is 2.49. The van der Waals surface area contributed by atoms with Gasteiger partial charge in [0, 0.05) is 23.4 Å². The minimum atomic E-state index is -0.0232. The third kappa shape index (κ3) is 1.84. The van der Waals surface area contributed by atoms with E-state index in [0.29, 0.717) is 0 Å². The van der Waals surface area contributed by atoms with E-state index in [2.05, 4.69) is 36.6 Å². The normalized spacial score (nSPS) is 16.4. The first-order chi connectivity index (χ1) is 8.99. The first-order valence-corrected chi connectivity index (χ1v) is 6.50. The van der Waals surface area contributed by atoms with E-state index in [4.69, 9.17) is 0 Å². The molecule has 1 aromatic carbocycles. The Balaban J connectivity index is 2.47. The molecule has 0 bridgehead atoms. The number of hydrogen-bond donors (Lipinski definition) is 0. The minimum Gasteiger partial charge on any atom is -0.343 e. The minimum absolute atomic E-state index is 0.0232. The van der Waals surface area contributed by atoms with Crippen LogP contribution in [0.5, 0.6) is 0 Å². The van der Waals surface area contributed by atoms with Crippen molar-refractivity contribution in [2.45, 2.75) is 13.8 Å². The topological polar surface area (TPSA) is 22.0 Å². The molecule has 1 aliphatic rings. The van der Waals surface area contributed by atoms with E-state index in [1.165, 1.54) is 0 Å². The lowest BCUT2D eigenvalue weighted by Gasteiger charge is -2.12. The number of aromatic nitrogens is 1. The Morgan fingerprint density at radius 3 is 2.53 bits per heavy atom. The zero-order chi connectivity index (χ0) is 13.6. The molecule has 3 rings (SSSR count). The van der Waals surface area contributed by atoms with E-state index in [1.807, 2.05) is 37.4 Å². The SMILES string of the molecule is Cn1c2c(c(=O)c3ccccc31)C=CC(C)(C)C=C2. The molecule has 2 aromatic rings. The lowest BCUT2D eigenvalue weighted by atomic mass is 9.93. The van der Waals surface area contributed by atoms with Crippen LogP contribution >= 0.6 is 0 Å². The summed E-state index contributed by atoms with van der Waals surface area (Å²) < 4.78 is 2.09. The van der Waals surface area contributed by atoms with Crippen molar-refractivity contribution in [3.63, 3.8) is 0 Å². The van der Waals surface area contributed by atoms with Crippen LogP contribution in [-0.4, -0.2) is 4.57 Å². The second kappa shape index (κ2) is 3.95. The van der Waals surface area contributed by atoms with Gasteiger partial charge in [-0.1, -0.05) is 44.2 Å². The summed E-state index contributed by atoms with van der Waals surface area (Å²) in [7, 11) is 2.01. The van der Waals surface area contributed by atoms with Crippen molar-refractivity contribution >= 4 is 23.1 Å². The van der Waals surface area contributed by atoms with Gasteiger partial charge in [0.25, 0.3) is 0 Å². The van der Waals surface area contributed by atoms with Gasteiger partial charge in [0.1, 0.15) is 0 Å². The highest BCUT2D eigenvalue weighted by Crippen LogP contribution is 2.27. The number of rotatable bonds is 0. The van der Waals surface area contributed by atoms with Gasteiger partial charge < -0.3 is 4.57 Å². The van der Waals surface area contributed by atoms with Gasteiger partial charge >= 0.3 is 0 Å². The van der Waals surface area contributed by atoms with E-state index in [0.717, 1.165) is 22.2 Å². The number of hydrogen-bond acceptors (Lipinski definition) is 1. The predicted molar refractivity (Wildman–Crippen MR) is 81.0 cm³/mol. The van der Waals surface area contributed by atoms with Crippen molar-refractivity contribution < 1.29 is 0 Å². The van der Waals surface area contributed by atoms with Crippen molar-refractivity contribution in [3.05, 3.63) is 57.9 Å². The molecule has 1 heterocycles. The number of pyridine rings is 1. The van der Waals surface area contributed by atoms with E-state index < -0.39 is 0 Å². The van der Waals surface area contributed by atoms with Crippen LogP contribution in [0.15, 0.2) is 41.2 Å². The van der Waals surface area contributed by atoms with Crippen LogP contribution in [-0.2, 0) is 7.05 Å². The Labute approximate surface area is 112 Å². The average molecular weight is 251 g/mol. The summed E-state index contributed by atoms with van der Waals surface area (Å²) in [6, 6.07) is 7.76. The fourth-order valence-corrected chi connectivity index (χ4v) is 2.54. The van der Waals surface area contributed by atoms with E-state index >= 15 is 0 Å². The summed E-state index contributed by atoms with van der Waals surface area (Å²) in [4.78, 5) is 12.6. The highest BCUT2D eigenvalue weighted by Gasteiger charge is 2.17. The molecule has 0 amide bonds. The number of allylic oxidation sites excluding steroid dienone is 2. The molecule has 96 valence electrons. The first-order valence-electron chi connectivity index (χ1n) is 6.50. The smallest absolute Gasteiger partial charge is 0.197 e. The van der Waals surface area contributed by atoms with Crippen molar-refractivity contribution in [1.82, 2.24) is 4.57 Å². The van der Waals surface area contributed by atoms with Gasteiger partial charge in [-0.3, -0.25) is 4.79 Å². The molecule has 0 aliphatic heterocycles. The molecular formula is C17H17NO. The first kappa shape index (κ1) is 12.0. The Bertz CT molecular complexity index is 776. The maximum absolute atomic E-state index is 12.6. The largest absolute Gasteiger partial charge is 0.343 e. The van der Waals surface area contributed by atoms with Crippen molar-refractivity contribution in [3.8, 4) is 0 Å². The van der Waals surface area contributed by atoms with Gasteiger partial charge in [0.15, 0.2) is 5.43 Å².